The number of hydrogen-bond acceptors (Lipinski definition) is 4. The van der Waals surface area contributed by atoms with E-state index < -0.39 is 0 Å². The molecule has 0 aliphatic rings. The molecule has 20 heavy (non-hydrogen) atoms. The monoisotopic (exact) mass is 284 g/mol. The van der Waals surface area contributed by atoms with E-state index in [0.29, 0.717) is 0 Å². The minimum atomic E-state index is 0.871. The fourth-order valence-electron chi connectivity index (χ4n) is 2.00. The van der Waals surface area contributed by atoms with Gasteiger partial charge in [0.2, 0.25) is 0 Å². The predicted octanol–water partition coefficient (Wildman–Crippen LogP) is 2.99. The molecule has 0 bridgehead atoms. The van der Waals surface area contributed by atoms with Crippen LogP contribution in [0.2, 0.25) is 0 Å². The number of rotatable bonds is 5. The molecule has 0 atom stereocenters. The molecule has 0 amide bonds. The van der Waals surface area contributed by atoms with Crippen LogP contribution in [0.5, 0.6) is 0 Å². The van der Waals surface area contributed by atoms with Gasteiger partial charge in [0.1, 0.15) is 0 Å². The third-order valence-corrected chi connectivity index (χ3v) is 4.10. The first kappa shape index (κ1) is 13.1. The van der Waals surface area contributed by atoms with E-state index in [-0.39, 0.29) is 0 Å². The second-order valence-corrected chi connectivity index (χ2v) is 5.41. The lowest BCUT2D eigenvalue weighted by atomic mass is 10.2. The number of benzene rings is 1. The standard InChI is InChI=1S/C15H16N4S/c1-2-16-11-12-7-3-4-8-13(12)20-15-18-17-14-9-5-6-10-19(14)15/h3-10,16H,2,11H2,1H3. The molecule has 0 saturated carbocycles. The van der Waals surface area contributed by atoms with Crippen molar-refractivity contribution in [2.24, 2.45) is 0 Å². The van der Waals surface area contributed by atoms with Crippen LogP contribution < -0.4 is 5.32 Å². The molecular weight excluding hydrogens is 268 g/mol. The highest BCUT2D eigenvalue weighted by atomic mass is 32.2. The Morgan fingerprint density at radius 2 is 1.95 bits per heavy atom. The third kappa shape index (κ3) is 2.69. The van der Waals surface area contributed by atoms with Crippen molar-refractivity contribution in [2.45, 2.75) is 23.5 Å². The average molecular weight is 284 g/mol. The van der Waals surface area contributed by atoms with Crippen molar-refractivity contribution in [2.75, 3.05) is 6.54 Å². The van der Waals surface area contributed by atoms with Crippen LogP contribution in [-0.4, -0.2) is 21.1 Å². The van der Waals surface area contributed by atoms with Crippen LogP contribution in [0.25, 0.3) is 5.65 Å². The van der Waals surface area contributed by atoms with Gasteiger partial charge in [-0.15, -0.1) is 10.2 Å². The summed E-state index contributed by atoms with van der Waals surface area (Å²) in [4.78, 5) is 1.21. The van der Waals surface area contributed by atoms with Gasteiger partial charge in [-0.05, 0) is 42.1 Å². The average Bonchev–Trinajstić information content (AvgIpc) is 2.90. The molecule has 102 valence electrons. The lowest BCUT2D eigenvalue weighted by Crippen LogP contribution is -2.12. The summed E-state index contributed by atoms with van der Waals surface area (Å²) in [6.07, 6.45) is 1.99. The van der Waals surface area contributed by atoms with Gasteiger partial charge in [-0.1, -0.05) is 31.2 Å². The first-order valence-electron chi connectivity index (χ1n) is 6.64. The van der Waals surface area contributed by atoms with Crippen molar-refractivity contribution in [3.05, 3.63) is 54.2 Å². The molecule has 5 heteroatoms. The summed E-state index contributed by atoms with van der Waals surface area (Å²) in [7, 11) is 0. The Hall–Kier alpha value is -1.85. The Morgan fingerprint density at radius 1 is 1.10 bits per heavy atom. The molecule has 0 unspecified atom stereocenters. The minimum Gasteiger partial charge on any atom is -0.313 e. The maximum absolute atomic E-state index is 4.27. The topological polar surface area (TPSA) is 42.2 Å². The van der Waals surface area contributed by atoms with Crippen LogP contribution >= 0.6 is 11.8 Å². The van der Waals surface area contributed by atoms with Gasteiger partial charge in [-0.2, -0.15) is 0 Å². The number of pyridine rings is 1. The Morgan fingerprint density at radius 3 is 2.85 bits per heavy atom. The van der Waals surface area contributed by atoms with Gasteiger partial charge in [0.25, 0.3) is 0 Å². The molecule has 4 nitrogen and oxygen atoms in total. The van der Waals surface area contributed by atoms with E-state index in [9.17, 15) is 0 Å². The largest absolute Gasteiger partial charge is 0.313 e. The summed E-state index contributed by atoms with van der Waals surface area (Å²) in [5.41, 5.74) is 2.16. The maximum atomic E-state index is 4.27. The molecule has 0 fully saturated rings. The van der Waals surface area contributed by atoms with Crippen LogP contribution in [0.4, 0.5) is 0 Å². The van der Waals surface area contributed by atoms with Crippen molar-refractivity contribution in [3.8, 4) is 0 Å². The zero-order valence-corrected chi connectivity index (χ0v) is 12.1. The second kappa shape index (κ2) is 6.07. The molecule has 0 radical (unpaired) electrons. The lowest BCUT2D eigenvalue weighted by molar-refractivity contribution is 0.717. The third-order valence-electron chi connectivity index (χ3n) is 3.02. The molecule has 0 spiro atoms. The van der Waals surface area contributed by atoms with Crippen LogP contribution in [0, 0.1) is 0 Å². The number of aromatic nitrogens is 3. The molecular formula is C15H16N4S. The Balaban J connectivity index is 1.91. The number of nitrogens with one attached hydrogen (secondary N) is 1. The van der Waals surface area contributed by atoms with E-state index in [1.165, 1.54) is 10.5 Å². The Kier molecular flexibility index (Phi) is 3.99. The summed E-state index contributed by atoms with van der Waals surface area (Å²) >= 11 is 1.65. The smallest absolute Gasteiger partial charge is 0.200 e. The zero-order chi connectivity index (χ0) is 13.8. The SMILES string of the molecule is CCNCc1ccccc1Sc1nnc2ccccn12. The second-order valence-electron chi connectivity index (χ2n) is 4.40. The van der Waals surface area contributed by atoms with Gasteiger partial charge in [0, 0.05) is 17.6 Å². The van der Waals surface area contributed by atoms with Gasteiger partial charge in [0.05, 0.1) is 0 Å². The van der Waals surface area contributed by atoms with Crippen LogP contribution in [0.1, 0.15) is 12.5 Å². The summed E-state index contributed by atoms with van der Waals surface area (Å²) in [6, 6.07) is 14.3. The van der Waals surface area contributed by atoms with Crippen molar-refractivity contribution in [1.82, 2.24) is 19.9 Å². The van der Waals surface area contributed by atoms with Crippen molar-refractivity contribution in [3.63, 3.8) is 0 Å². The highest BCUT2D eigenvalue weighted by molar-refractivity contribution is 7.99. The minimum absolute atomic E-state index is 0.871. The van der Waals surface area contributed by atoms with Gasteiger partial charge < -0.3 is 5.32 Å². The summed E-state index contributed by atoms with van der Waals surface area (Å²) in [6.45, 7) is 3.95. The molecule has 0 saturated heterocycles. The molecule has 0 aliphatic carbocycles. The van der Waals surface area contributed by atoms with Crippen molar-refractivity contribution < 1.29 is 0 Å². The molecule has 2 aromatic heterocycles. The first-order chi connectivity index (χ1) is 9.88. The zero-order valence-electron chi connectivity index (χ0n) is 11.3. The molecule has 3 aromatic rings. The quantitative estimate of drug-likeness (QED) is 0.782. The fourth-order valence-corrected chi connectivity index (χ4v) is 2.95. The summed E-state index contributed by atoms with van der Waals surface area (Å²) < 4.78 is 2.01. The van der Waals surface area contributed by atoms with E-state index in [4.69, 9.17) is 0 Å². The van der Waals surface area contributed by atoms with Gasteiger partial charge >= 0.3 is 0 Å². The maximum Gasteiger partial charge on any atom is 0.200 e. The van der Waals surface area contributed by atoms with E-state index in [1.807, 2.05) is 28.8 Å². The molecule has 0 aliphatic heterocycles. The van der Waals surface area contributed by atoms with E-state index in [2.05, 4.69) is 46.7 Å². The Bertz CT molecular complexity index is 708. The van der Waals surface area contributed by atoms with E-state index in [0.717, 1.165) is 23.9 Å². The van der Waals surface area contributed by atoms with Gasteiger partial charge in [-0.3, -0.25) is 4.40 Å². The van der Waals surface area contributed by atoms with Crippen LogP contribution in [-0.2, 0) is 6.54 Å². The van der Waals surface area contributed by atoms with Crippen molar-refractivity contribution in [1.29, 1.82) is 0 Å². The summed E-state index contributed by atoms with van der Waals surface area (Å²) in [5.74, 6) is 0. The molecule has 1 aromatic carbocycles. The first-order valence-corrected chi connectivity index (χ1v) is 7.46. The number of nitrogens with zero attached hydrogens (tertiary/aromatic N) is 3. The summed E-state index contributed by atoms with van der Waals surface area (Å²) in [5, 5.41) is 12.7. The van der Waals surface area contributed by atoms with Crippen LogP contribution in [0.3, 0.4) is 0 Å². The van der Waals surface area contributed by atoms with Gasteiger partial charge in [-0.25, -0.2) is 0 Å². The highest BCUT2D eigenvalue weighted by Gasteiger charge is 2.09. The lowest BCUT2D eigenvalue weighted by Gasteiger charge is -2.08. The van der Waals surface area contributed by atoms with Crippen molar-refractivity contribution >= 4 is 17.4 Å². The number of hydrogen-bond donors (Lipinski definition) is 1. The van der Waals surface area contributed by atoms with Crippen LogP contribution in [0.15, 0.2) is 58.7 Å². The normalized spacial score (nSPS) is 11.1. The molecule has 1 N–H and O–H groups in total. The predicted molar refractivity (Wildman–Crippen MR) is 80.9 cm³/mol. The number of fused-ring (bicyclic) bond motifs is 1. The van der Waals surface area contributed by atoms with E-state index in [1.54, 1.807) is 11.8 Å². The van der Waals surface area contributed by atoms with Gasteiger partial charge in [0.15, 0.2) is 10.8 Å². The fraction of sp³-hybridized carbons (Fsp3) is 0.200. The molecule has 2 heterocycles. The Labute approximate surface area is 122 Å². The highest BCUT2D eigenvalue weighted by Crippen LogP contribution is 2.29. The van der Waals surface area contributed by atoms with E-state index >= 15 is 0 Å². The molecule has 3 rings (SSSR count).